The van der Waals surface area contributed by atoms with Gasteiger partial charge < -0.3 is 0 Å². The molecule has 0 N–H and O–H groups in total. The molecular formula is C17H15FN6O. The Balaban J connectivity index is 2.01. The van der Waals surface area contributed by atoms with Crippen LogP contribution in [-0.4, -0.2) is 29.4 Å². The first-order chi connectivity index (χ1) is 12.1. The first kappa shape index (κ1) is 15.4. The summed E-state index contributed by atoms with van der Waals surface area (Å²) >= 11 is 0. The van der Waals surface area contributed by atoms with Crippen LogP contribution in [0.5, 0.6) is 0 Å². The number of halogens is 1. The molecule has 0 unspecified atom stereocenters. The molecule has 4 aromatic rings. The van der Waals surface area contributed by atoms with E-state index in [9.17, 15) is 9.18 Å². The lowest BCUT2D eigenvalue weighted by molar-refractivity contribution is 0.628. The minimum Gasteiger partial charge on any atom is -0.297 e. The predicted molar refractivity (Wildman–Crippen MR) is 90.8 cm³/mol. The summed E-state index contributed by atoms with van der Waals surface area (Å²) in [5.41, 5.74) is 3.01. The minimum absolute atomic E-state index is 0.177. The molecule has 0 radical (unpaired) electrons. The number of hydrogen-bond acceptors (Lipinski definition) is 5. The Morgan fingerprint density at radius 1 is 1.12 bits per heavy atom. The fourth-order valence-corrected chi connectivity index (χ4v) is 2.92. The Kier molecular flexibility index (Phi) is 3.52. The van der Waals surface area contributed by atoms with E-state index in [2.05, 4.69) is 20.3 Å². The molecule has 8 heteroatoms. The van der Waals surface area contributed by atoms with Gasteiger partial charge in [0.25, 0.3) is 5.56 Å². The average molecular weight is 338 g/mol. The summed E-state index contributed by atoms with van der Waals surface area (Å²) in [6, 6.07) is 6.10. The third-order valence-corrected chi connectivity index (χ3v) is 4.07. The average Bonchev–Trinajstić information content (AvgIpc) is 2.94. The van der Waals surface area contributed by atoms with E-state index in [0.717, 1.165) is 17.5 Å². The third kappa shape index (κ3) is 2.37. The molecule has 0 atom stereocenters. The molecule has 3 aromatic heterocycles. The van der Waals surface area contributed by atoms with E-state index >= 15 is 0 Å². The van der Waals surface area contributed by atoms with Gasteiger partial charge in [0.1, 0.15) is 12.1 Å². The SMILES string of the molecule is CCCn1cnc2c(nnc3c(-c4ccc(F)cc4)c(C)nn32)c1=O. The summed E-state index contributed by atoms with van der Waals surface area (Å²) in [5, 5.41) is 12.7. The van der Waals surface area contributed by atoms with Crippen molar-refractivity contribution >= 4 is 16.8 Å². The van der Waals surface area contributed by atoms with Gasteiger partial charge in [-0.25, -0.2) is 9.37 Å². The van der Waals surface area contributed by atoms with E-state index in [4.69, 9.17) is 0 Å². The van der Waals surface area contributed by atoms with Crippen molar-refractivity contribution in [3.05, 3.63) is 52.5 Å². The van der Waals surface area contributed by atoms with E-state index in [1.54, 1.807) is 12.1 Å². The monoisotopic (exact) mass is 338 g/mol. The van der Waals surface area contributed by atoms with Crippen LogP contribution in [-0.2, 0) is 6.54 Å². The lowest BCUT2D eigenvalue weighted by Crippen LogP contribution is -2.22. The molecule has 126 valence electrons. The highest BCUT2D eigenvalue weighted by atomic mass is 19.1. The van der Waals surface area contributed by atoms with Gasteiger partial charge >= 0.3 is 0 Å². The Bertz CT molecular complexity index is 1150. The van der Waals surface area contributed by atoms with Crippen molar-refractivity contribution in [2.24, 2.45) is 0 Å². The number of hydrogen-bond donors (Lipinski definition) is 0. The van der Waals surface area contributed by atoms with Crippen LogP contribution in [0.3, 0.4) is 0 Å². The van der Waals surface area contributed by atoms with Gasteiger partial charge in [-0.3, -0.25) is 9.36 Å². The van der Waals surface area contributed by atoms with Crippen LogP contribution in [0, 0.1) is 12.7 Å². The summed E-state index contributed by atoms with van der Waals surface area (Å²) in [5.74, 6) is -0.312. The van der Waals surface area contributed by atoms with Crippen LogP contribution in [0.2, 0.25) is 0 Å². The van der Waals surface area contributed by atoms with Crippen molar-refractivity contribution in [1.29, 1.82) is 0 Å². The van der Waals surface area contributed by atoms with Crippen LogP contribution in [0.25, 0.3) is 27.9 Å². The third-order valence-electron chi connectivity index (χ3n) is 4.07. The Labute approximate surface area is 141 Å². The molecular weight excluding hydrogens is 323 g/mol. The van der Waals surface area contributed by atoms with Crippen molar-refractivity contribution in [3.63, 3.8) is 0 Å². The van der Waals surface area contributed by atoms with Gasteiger partial charge in [-0.2, -0.15) is 9.61 Å². The van der Waals surface area contributed by atoms with Crippen molar-refractivity contribution in [2.75, 3.05) is 0 Å². The highest BCUT2D eigenvalue weighted by Crippen LogP contribution is 2.27. The highest BCUT2D eigenvalue weighted by Gasteiger charge is 2.18. The fraction of sp³-hybridized carbons (Fsp3) is 0.235. The highest BCUT2D eigenvalue weighted by molar-refractivity contribution is 5.83. The molecule has 0 spiro atoms. The first-order valence-electron chi connectivity index (χ1n) is 7.97. The molecule has 0 amide bonds. The second-order valence-electron chi connectivity index (χ2n) is 5.82. The number of nitrogens with zero attached hydrogens (tertiary/aromatic N) is 6. The Morgan fingerprint density at radius 3 is 2.60 bits per heavy atom. The van der Waals surface area contributed by atoms with Gasteiger partial charge in [-0.05, 0) is 31.0 Å². The Hall–Kier alpha value is -3.16. The molecule has 7 nitrogen and oxygen atoms in total. The molecule has 0 aliphatic rings. The minimum atomic E-state index is -0.312. The normalized spacial score (nSPS) is 11.5. The molecule has 0 saturated carbocycles. The number of benzene rings is 1. The van der Waals surface area contributed by atoms with E-state index in [1.165, 1.54) is 27.5 Å². The van der Waals surface area contributed by atoms with Crippen LogP contribution >= 0.6 is 0 Å². The fourth-order valence-electron chi connectivity index (χ4n) is 2.92. The van der Waals surface area contributed by atoms with Crippen LogP contribution in [0.4, 0.5) is 4.39 Å². The Morgan fingerprint density at radius 2 is 1.88 bits per heavy atom. The maximum absolute atomic E-state index is 13.2. The lowest BCUT2D eigenvalue weighted by Gasteiger charge is -2.05. The molecule has 0 aliphatic carbocycles. The maximum atomic E-state index is 13.2. The van der Waals surface area contributed by atoms with E-state index < -0.39 is 0 Å². The molecule has 0 fully saturated rings. The largest absolute Gasteiger partial charge is 0.297 e. The van der Waals surface area contributed by atoms with E-state index in [-0.39, 0.29) is 16.9 Å². The summed E-state index contributed by atoms with van der Waals surface area (Å²) < 4.78 is 16.2. The van der Waals surface area contributed by atoms with Gasteiger partial charge in [0.15, 0.2) is 16.8 Å². The topological polar surface area (TPSA) is 78.0 Å². The summed E-state index contributed by atoms with van der Waals surface area (Å²) in [6.07, 6.45) is 2.32. The van der Waals surface area contributed by atoms with Crippen LogP contribution in [0.1, 0.15) is 19.0 Å². The number of rotatable bonds is 3. The predicted octanol–water partition coefficient (Wildman–Crippen LogP) is 2.36. The maximum Gasteiger partial charge on any atom is 0.283 e. The molecule has 0 bridgehead atoms. The second kappa shape index (κ2) is 5.73. The first-order valence-corrected chi connectivity index (χ1v) is 7.97. The van der Waals surface area contributed by atoms with Gasteiger partial charge in [-0.15, -0.1) is 10.2 Å². The number of aryl methyl sites for hydroxylation is 2. The molecule has 0 aliphatic heterocycles. The van der Waals surface area contributed by atoms with Gasteiger partial charge in [0, 0.05) is 6.54 Å². The molecule has 3 heterocycles. The number of aromatic nitrogens is 6. The molecule has 25 heavy (non-hydrogen) atoms. The van der Waals surface area contributed by atoms with Crippen LogP contribution in [0.15, 0.2) is 35.4 Å². The van der Waals surface area contributed by atoms with Crippen molar-refractivity contribution < 1.29 is 4.39 Å². The summed E-state index contributed by atoms with van der Waals surface area (Å²) in [7, 11) is 0. The summed E-state index contributed by atoms with van der Waals surface area (Å²) in [4.78, 5) is 16.9. The second-order valence-corrected chi connectivity index (χ2v) is 5.82. The smallest absolute Gasteiger partial charge is 0.283 e. The van der Waals surface area contributed by atoms with Crippen LogP contribution < -0.4 is 5.56 Å². The molecule has 1 aromatic carbocycles. The van der Waals surface area contributed by atoms with Crippen molar-refractivity contribution in [1.82, 2.24) is 29.4 Å². The van der Waals surface area contributed by atoms with E-state index in [0.29, 0.717) is 23.5 Å². The van der Waals surface area contributed by atoms with Gasteiger partial charge in [0.05, 0.1) is 11.3 Å². The lowest BCUT2D eigenvalue weighted by atomic mass is 10.1. The standard InChI is InChI=1S/C17H15FN6O/c1-3-8-23-9-19-16-14(17(23)25)20-21-15-13(10(2)22-24(15)16)11-4-6-12(18)7-5-11/h4-7,9H,3,8H2,1-2H3. The van der Waals surface area contributed by atoms with E-state index in [1.807, 2.05) is 13.8 Å². The van der Waals surface area contributed by atoms with Crippen molar-refractivity contribution in [2.45, 2.75) is 26.8 Å². The zero-order valence-corrected chi connectivity index (χ0v) is 13.8. The zero-order valence-electron chi connectivity index (χ0n) is 13.8. The number of fused-ring (bicyclic) bond motifs is 3. The van der Waals surface area contributed by atoms with Gasteiger partial charge in [0.2, 0.25) is 0 Å². The zero-order chi connectivity index (χ0) is 17.6. The summed E-state index contributed by atoms with van der Waals surface area (Å²) in [6.45, 7) is 4.38. The van der Waals surface area contributed by atoms with Crippen molar-refractivity contribution in [3.8, 4) is 11.1 Å². The molecule has 0 saturated heterocycles. The quantitative estimate of drug-likeness (QED) is 0.573. The van der Waals surface area contributed by atoms with Gasteiger partial charge in [-0.1, -0.05) is 19.1 Å². The molecule has 4 rings (SSSR count).